The SMILES string of the molecule is CNCCN(C)C(=O)CC(c1ccccc1)C(F)(F)F. The molecule has 1 aromatic rings. The number of hydrogen-bond donors (Lipinski definition) is 1. The quantitative estimate of drug-likeness (QED) is 0.872. The lowest BCUT2D eigenvalue weighted by atomic mass is 9.94. The van der Waals surface area contributed by atoms with E-state index in [2.05, 4.69) is 5.32 Å². The summed E-state index contributed by atoms with van der Waals surface area (Å²) in [5.74, 6) is -2.26. The second-order valence-corrected chi connectivity index (χ2v) is 4.63. The zero-order valence-corrected chi connectivity index (χ0v) is 11.6. The van der Waals surface area contributed by atoms with Crippen molar-refractivity contribution in [3.05, 3.63) is 35.9 Å². The van der Waals surface area contributed by atoms with Crippen LogP contribution in [0.5, 0.6) is 0 Å². The van der Waals surface area contributed by atoms with Gasteiger partial charge in [-0.3, -0.25) is 4.79 Å². The van der Waals surface area contributed by atoms with E-state index < -0.39 is 24.4 Å². The van der Waals surface area contributed by atoms with Crippen molar-refractivity contribution in [3.63, 3.8) is 0 Å². The number of likely N-dealkylation sites (N-methyl/N-ethyl adjacent to an activating group) is 2. The molecule has 0 spiro atoms. The van der Waals surface area contributed by atoms with E-state index in [0.717, 1.165) is 0 Å². The topological polar surface area (TPSA) is 32.3 Å². The number of alkyl halides is 3. The van der Waals surface area contributed by atoms with Crippen LogP contribution in [0.15, 0.2) is 30.3 Å². The van der Waals surface area contributed by atoms with Gasteiger partial charge in [0.2, 0.25) is 5.91 Å². The highest BCUT2D eigenvalue weighted by atomic mass is 19.4. The van der Waals surface area contributed by atoms with Crippen LogP contribution in [0.25, 0.3) is 0 Å². The predicted octanol–water partition coefficient (Wildman–Crippen LogP) is 2.40. The summed E-state index contributed by atoms with van der Waals surface area (Å²) >= 11 is 0. The summed E-state index contributed by atoms with van der Waals surface area (Å²) in [4.78, 5) is 13.2. The molecule has 6 heteroatoms. The Bertz CT molecular complexity index is 420. The number of hydrogen-bond acceptors (Lipinski definition) is 2. The van der Waals surface area contributed by atoms with Gasteiger partial charge < -0.3 is 10.2 Å². The molecule has 0 fully saturated rings. The normalized spacial score (nSPS) is 13.1. The molecule has 0 heterocycles. The molecule has 0 aromatic heterocycles. The van der Waals surface area contributed by atoms with Crippen molar-refractivity contribution in [1.29, 1.82) is 0 Å². The van der Waals surface area contributed by atoms with E-state index in [-0.39, 0.29) is 5.56 Å². The fraction of sp³-hybridized carbons (Fsp3) is 0.500. The van der Waals surface area contributed by atoms with Gasteiger partial charge in [0, 0.05) is 26.6 Å². The van der Waals surface area contributed by atoms with Crippen molar-refractivity contribution in [2.45, 2.75) is 18.5 Å². The van der Waals surface area contributed by atoms with Crippen molar-refractivity contribution < 1.29 is 18.0 Å². The summed E-state index contributed by atoms with van der Waals surface area (Å²) < 4.78 is 39.3. The third-order valence-corrected chi connectivity index (χ3v) is 3.10. The first-order valence-electron chi connectivity index (χ1n) is 6.36. The monoisotopic (exact) mass is 288 g/mol. The Balaban J connectivity index is 2.79. The van der Waals surface area contributed by atoms with Gasteiger partial charge in [-0.05, 0) is 12.6 Å². The first-order chi connectivity index (χ1) is 9.36. The summed E-state index contributed by atoms with van der Waals surface area (Å²) in [6.07, 6.45) is -4.99. The molecule has 1 aromatic carbocycles. The van der Waals surface area contributed by atoms with Crippen LogP contribution in [0.1, 0.15) is 17.9 Å². The number of amides is 1. The molecule has 0 saturated carbocycles. The van der Waals surface area contributed by atoms with Crippen molar-refractivity contribution in [1.82, 2.24) is 10.2 Å². The van der Waals surface area contributed by atoms with Gasteiger partial charge >= 0.3 is 6.18 Å². The highest BCUT2D eigenvalue weighted by Crippen LogP contribution is 2.37. The third kappa shape index (κ3) is 4.85. The summed E-state index contributed by atoms with van der Waals surface area (Å²) in [5, 5.41) is 2.85. The number of nitrogens with zero attached hydrogens (tertiary/aromatic N) is 1. The molecule has 20 heavy (non-hydrogen) atoms. The zero-order valence-electron chi connectivity index (χ0n) is 11.6. The molecule has 0 aliphatic heterocycles. The molecular formula is C14H19F3N2O. The first-order valence-corrected chi connectivity index (χ1v) is 6.36. The molecule has 0 saturated heterocycles. The van der Waals surface area contributed by atoms with Crippen molar-refractivity contribution >= 4 is 5.91 Å². The summed E-state index contributed by atoms with van der Waals surface area (Å²) in [6.45, 7) is 0.930. The molecule has 112 valence electrons. The van der Waals surface area contributed by atoms with Crippen molar-refractivity contribution in [3.8, 4) is 0 Å². The number of carbonyl (C=O) groups is 1. The fourth-order valence-corrected chi connectivity index (χ4v) is 1.84. The maximum absolute atomic E-state index is 13.1. The van der Waals surface area contributed by atoms with Crippen LogP contribution in [0, 0.1) is 0 Å². The summed E-state index contributed by atoms with van der Waals surface area (Å²) in [6, 6.07) is 7.54. The lowest BCUT2D eigenvalue weighted by molar-refractivity contribution is -0.160. The lowest BCUT2D eigenvalue weighted by Crippen LogP contribution is -2.35. The second kappa shape index (κ2) is 7.28. The van der Waals surface area contributed by atoms with Gasteiger partial charge in [-0.1, -0.05) is 30.3 Å². The standard InChI is InChI=1S/C14H19F3N2O/c1-18-8-9-19(2)13(20)10-12(14(15,16)17)11-6-4-3-5-7-11/h3-7,12,18H,8-10H2,1-2H3. The van der Waals surface area contributed by atoms with E-state index in [1.54, 1.807) is 25.2 Å². The number of halogens is 3. The average molecular weight is 288 g/mol. The maximum atomic E-state index is 13.1. The molecule has 0 aliphatic carbocycles. The number of benzene rings is 1. The van der Waals surface area contributed by atoms with Gasteiger partial charge in [0.05, 0.1) is 5.92 Å². The van der Waals surface area contributed by atoms with E-state index in [1.807, 2.05) is 0 Å². The number of rotatable bonds is 6. The van der Waals surface area contributed by atoms with E-state index in [1.165, 1.54) is 24.1 Å². The van der Waals surface area contributed by atoms with Crippen LogP contribution in [0.3, 0.4) is 0 Å². The minimum atomic E-state index is -4.43. The lowest BCUT2D eigenvalue weighted by Gasteiger charge is -2.23. The fourth-order valence-electron chi connectivity index (χ4n) is 1.84. The van der Waals surface area contributed by atoms with Gasteiger partial charge in [0.15, 0.2) is 0 Å². The summed E-state index contributed by atoms with van der Waals surface area (Å²) in [5.41, 5.74) is 0.121. The Morgan fingerprint density at radius 3 is 2.40 bits per heavy atom. The van der Waals surface area contributed by atoms with Gasteiger partial charge in [-0.15, -0.1) is 0 Å². The molecule has 0 aliphatic rings. The maximum Gasteiger partial charge on any atom is 0.396 e. The molecule has 1 unspecified atom stereocenters. The predicted molar refractivity (Wildman–Crippen MR) is 71.4 cm³/mol. The highest BCUT2D eigenvalue weighted by Gasteiger charge is 2.42. The molecule has 1 amide bonds. The smallest absolute Gasteiger partial charge is 0.344 e. The molecule has 1 rings (SSSR count). The minimum Gasteiger partial charge on any atom is -0.344 e. The summed E-state index contributed by atoms with van der Waals surface area (Å²) in [7, 11) is 3.24. The minimum absolute atomic E-state index is 0.121. The van der Waals surface area contributed by atoms with Crippen LogP contribution in [0.2, 0.25) is 0 Å². The van der Waals surface area contributed by atoms with E-state index >= 15 is 0 Å². The van der Waals surface area contributed by atoms with Crippen LogP contribution in [-0.4, -0.2) is 44.2 Å². The van der Waals surface area contributed by atoms with E-state index in [9.17, 15) is 18.0 Å². The van der Waals surface area contributed by atoms with Crippen molar-refractivity contribution in [2.75, 3.05) is 27.2 Å². The van der Waals surface area contributed by atoms with Crippen LogP contribution >= 0.6 is 0 Å². The first kappa shape index (κ1) is 16.5. The van der Waals surface area contributed by atoms with Gasteiger partial charge in [-0.25, -0.2) is 0 Å². The Morgan fingerprint density at radius 2 is 1.90 bits per heavy atom. The molecule has 1 N–H and O–H groups in total. The average Bonchev–Trinajstić information content (AvgIpc) is 2.41. The van der Waals surface area contributed by atoms with Crippen LogP contribution in [-0.2, 0) is 4.79 Å². The van der Waals surface area contributed by atoms with E-state index in [0.29, 0.717) is 13.1 Å². The second-order valence-electron chi connectivity index (χ2n) is 4.63. The number of carbonyl (C=O) groups excluding carboxylic acids is 1. The Labute approximate surface area is 116 Å². The molecular weight excluding hydrogens is 269 g/mol. The van der Waals surface area contributed by atoms with Gasteiger partial charge in [0.1, 0.15) is 0 Å². The van der Waals surface area contributed by atoms with Crippen molar-refractivity contribution in [2.24, 2.45) is 0 Å². The third-order valence-electron chi connectivity index (χ3n) is 3.10. The van der Waals surface area contributed by atoms with Gasteiger partial charge in [0.25, 0.3) is 0 Å². The largest absolute Gasteiger partial charge is 0.396 e. The molecule has 0 radical (unpaired) electrons. The van der Waals surface area contributed by atoms with Gasteiger partial charge in [-0.2, -0.15) is 13.2 Å². The molecule has 3 nitrogen and oxygen atoms in total. The Kier molecular flexibility index (Phi) is 6.01. The Hall–Kier alpha value is -1.56. The van der Waals surface area contributed by atoms with E-state index in [4.69, 9.17) is 0 Å². The number of nitrogens with one attached hydrogen (secondary N) is 1. The molecule has 0 bridgehead atoms. The highest BCUT2D eigenvalue weighted by molar-refractivity contribution is 5.77. The van der Waals surface area contributed by atoms with Crippen LogP contribution < -0.4 is 5.32 Å². The Morgan fingerprint density at radius 1 is 1.30 bits per heavy atom. The molecule has 1 atom stereocenters. The van der Waals surface area contributed by atoms with Crippen LogP contribution in [0.4, 0.5) is 13.2 Å². The zero-order chi connectivity index (χ0) is 15.2.